The number of rotatable bonds is 2. The number of carbonyl (C=O) groups excluding carboxylic acids is 1. The number of carboxylic acid groups (broad SMARTS) is 1. The van der Waals surface area contributed by atoms with Crippen LogP contribution in [0.2, 0.25) is 0 Å². The topological polar surface area (TPSA) is 89.6 Å². The highest BCUT2D eigenvalue weighted by atomic mass is 32.1. The molecule has 1 heterocycles. The van der Waals surface area contributed by atoms with E-state index < -0.39 is 17.5 Å². The quantitative estimate of drug-likeness (QED) is 0.775. The predicted octanol–water partition coefficient (Wildman–Crippen LogP) is 1.98. The number of nitrogen functional groups attached to an aromatic ring is 1. The summed E-state index contributed by atoms with van der Waals surface area (Å²) in [6, 6.07) is 1.23. The van der Waals surface area contributed by atoms with E-state index >= 15 is 0 Å². The average Bonchev–Trinajstić information content (AvgIpc) is 2.44. The molecule has 0 amide bonds. The van der Waals surface area contributed by atoms with Crippen molar-refractivity contribution in [1.82, 2.24) is 0 Å². The Morgan fingerprint density at radius 1 is 1.44 bits per heavy atom. The molecule has 0 bridgehead atoms. The van der Waals surface area contributed by atoms with E-state index in [4.69, 9.17) is 15.6 Å². The molecule has 0 aliphatic carbocycles. The number of carboxylic acids is 1. The number of hydrogen-bond acceptors (Lipinski definition) is 5. The Morgan fingerprint density at radius 3 is 2.38 bits per heavy atom. The summed E-state index contributed by atoms with van der Waals surface area (Å²) in [7, 11) is 0. The zero-order chi connectivity index (χ0) is 12.5. The monoisotopic (exact) mass is 243 g/mol. The van der Waals surface area contributed by atoms with Gasteiger partial charge >= 0.3 is 11.9 Å². The van der Waals surface area contributed by atoms with Gasteiger partial charge in [0, 0.05) is 0 Å². The van der Waals surface area contributed by atoms with Crippen molar-refractivity contribution >= 4 is 28.3 Å². The van der Waals surface area contributed by atoms with Gasteiger partial charge in [0.15, 0.2) is 0 Å². The molecule has 1 rings (SSSR count). The van der Waals surface area contributed by atoms with Crippen LogP contribution in [-0.4, -0.2) is 22.6 Å². The number of aromatic carboxylic acids is 1. The summed E-state index contributed by atoms with van der Waals surface area (Å²) >= 11 is 0.854. The number of esters is 1. The molecule has 0 saturated carbocycles. The minimum absolute atomic E-state index is 0.0263. The number of thiophene rings is 1. The van der Waals surface area contributed by atoms with Crippen LogP contribution in [0.25, 0.3) is 0 Å². The van der Waals surface area contributed by atoms with Gasteiger partial charge in [0.05, 0.1) is 5.56 Å². The molecule has 0 aliphatic heterocycles. The molecule has 0 aromatic carbocycles. The van der Waals surface area contributed by atoms with E-state index in [1.165, 1.54) is 6.07 Å². The molecule has 88 valence electrons. The van der Waals surface area contributed by atoms with Crippen molar-refractivity contribution in [2.45, 2.75) is 26.4 Å². The summed E-state index contributed by atoms with van der Waals surface area (Å²) in [5.41, 5.74) is 5.03. The third-order valence-corrected chi connectivity index (χ3v) is 2.54. The van der Waals surface area contributed by atoms with Gasteiger partial charge in [-0.15, -0.1) is 11.3 Å². The van der Waals surface area contributed by atoms with E-state index in [9.17, 15) is 9.59 Å². The molecule has 5 nitrogen and oxygen atoms in total. The van der Waals surface area contributed by atoms with Crippen LogP contribution in [0.15, 0.2) is 6.07 Å². The Labute approximate surface area is 96.8 Å². The second-order valence-electron chi connectivity index (χ2n) is 4.20. The standard InChI is InChI=1S/C10H13NO4S/c1-10(2,3)15-9(14)5-4-6(8(12)13)16-7(5)11/h4H,11H2,1-3H3,(H,12,13). The molecule has 0 radical (unpaired) electrons. The molecule has 0 unspecified atom stereocenters. The van der Waals surface area contributed by atoms with E-state index in [1.807, 2.05) is 0 Å². The number of carbonyl (C=O) groups is 2. The molecule has 6 heteroatoms. The van der Waals surface area contributed by atoms with Gasteiger partial charge in [-0.25, -0.2) is 9.59 Å². The van der Waals surface area contributed by atoms with Crippen molar-refractivity contribution in [3.05, 3.63) is 16.5 Å². The Balaban J connectivity index is 2.96. The largest absolute Gasteiger partial charge is 0.477 e. The van der Waals surface area contributed by atoms with E-state index in [0.29, 0.717) is 0 Å². The lowest BCUT2D eigenvalue weighted by atomic mass is 10.2. The van der Waals surface area contributed by atoms with Crippen LogP contribution < -0.4 is 5.73 Å². The van der Waals surface area contributed by atoms with Gasteiger partial charge in [0.1, 0.15) is 15.5 Å². The van der Waals surface area contributed by atoms with Crippen molar-refractivity contribution in [2.24, 2.45) is 0 Å². The van der Waals surface area contributed by atoms with Crippen LogP contribution in [0.5, 0.6) is 0 Å². The number of ether oxygens (including phenoxy) is 1. The minimum Gasteiger partial charge on any atom is -0.477 e. The first-order valence-electron chi connectivity index (χ1n) is 4.56. The van der Waals surface area contributed by atoms with Gasteiger partial charge in [0.25, 0.3) is 0 Å². The van der Waals surface area contributed by atoms with E-state index in [-0.39, 0.29) is 15.4 Å². The maximum absolute atomic E-state index is 11.6. The van der Waals surface area contributed by atoms with Gasteiger partial charge in [-0.2, -0.15) is 0 Å². The molecule has 0 saturated heterocycles. The highest BCUT2D eigenvalue weighted by Gasteiger charge is 2.23. The van der Waals surface area contributed by atoms with E-state index in [1.54, 1.807) is 20.8 Å². The SMILES string of the molecule is CC(C)(C)OC(=O)c1cc(C(=O)O)sc1N. The maximum Gasteiger partial charge on any atom is 0.345 e. The van der Waals surface area contributed by atoms with Gasteiger partial charge in [-0.3, -0.25) is 0 Å². The molecule has 1 aromatic rings. The minimum atomic E-state index is -1.11. The summed E-state index contributed by atoms with van der Waals surface area (Å²) in [4.78, 5) is 22.3. The van der Waals surface area contributed by atoms with E-state index in [2.05, 4.69) is 0 Å². The van der Waals surface area contributed by atoms with Gasteiger partial charge < -0.3 is 15.6 Å². The molecular weight excluding hydrogens is 230 g/mol. The van der Waals surface area contributed by atoms with Gasteiger partial charge in [-0.1, -0.05) is 0 Å². The van der Waals surface area contributed by atoms with Crippen molar-refractivity contribution in [3.63, 3.8) is 0 Å². The smallest absolute Gasteiger partial charge is 0.345 e. The Hall–Kier alpha value is -1.56. The molecular formula is C10H13NO4S. The normalized spacial score (nSPS) is 11.2. The van der Waals surface area contributed by atoms with Gasteiger partial charge in [0.2, 0.25) is 0 Å². The van der Waals surface area contributed by atoms with Crippen molar-refractivity contribution in [1.29, 1.82) is 0 Å². The Morgan fingerprint density at radius 2 is 2.00 bits per heavy atom. The van der Waals surface area contributed by atoms with Crippen LogP contribution in [-0.2, 0) is 4.74 Å². The second kappa shape index (κ2) is 4.13. The first-order valence-corrected chi connectivity index (χ1v) is 5.38. The first kappa shape index (κ1) is 12.5. The molecule has 0 aliphatic rings. The highest BCUT2D eigenvalue weighted by Crippen LogP contribution is 2.26. The fourth-order valence-electron chi connectivity index (χ4n) is 1.00. The number of nitrogens with two attached hydrogens (primary N) is 1. The van der Waals surface area contributed by atoms with Crippen LogP contribution in [0.4, 0.5) is 5.00 Å². The summed E-state index contributed by atoms with van der Waals surface area (Å²) in [5.74, 6) is -1.71. The Kier molecular flexibility index (Phi) is 3.23. The average molecular weight is 243 g/mol. The fourth-order valence-corrected chi connectivity index (χ4v) is 1.76. The summed E-state index contributed by atoms with van der Waals surface area (Å²) in [6.45, 7) is 5.18. The maximum atomic E-state index is 11.6. The lowest BCUT2D eigenvalue weighted by Gasteiger charge is -2.19. The molecule has 0 spiro atoms. The molecule has 16 heavy (non-hydrogen) atoms. The molecule has 1 aromatic heterocycles. The summed E-state index contributed by atoms with van der Waals surface area (Å²) < 4.78 is 5.09. The van der Waals surface area contributed by atoms with Gasteiger partial charge in [-0.05, 0) is 26.8 Å². The number of anilines is 1. The fraction of sp³-hybridized carbons (Fsp3) is 0.400. The lowest BCUT2D eigenvalue weighted by Crippen LogP contribution is -2.24. The molecule has 0 atom stereocenters. The summed E-state index contributed by atoms with van der Waals surface area (Å²) in [5, 5.41) is 8.90. The highest BCUT2D eigenvalue weighted by molar-refractivity contribution is 7.18. The lowest BCUT2D eigenvalue weighted by molar-refractivity contribution is 0.00713. The first-order chi connectivity index (χ1) is 7.20. The van der Waals surface area contributed by atoms with E-state index in [0.717, 1.165) is 11.3 Å². The zero-order valence-corrected chi connectivity index (χ0v) is 10.1. The van der Waals surface area contributed by atoms with Crippen molar-refractivity contribution in [2.75, 3.05) is 5.73 Å². The van der Waals surface area contributed by atoms with Crippen LogP contribution in [0.3, 0.4) is 0 Å². The number of hydrogen-bond donors (Lipinski definition) is 2. The predicted molar refractivity (Wildman–Crippen MR) is 60.9 cm³/mol. The second-order valence-corrected chi connectivity index (χ2v) is 5.28. The van der Waals surface area contributed by atoms with Crippen LogP contribution in [0.1, 0.15) is 40.8 Å². The zero-order valence-electron chi connectivity index (χ0n) is 9.23. The van der Waals surface area contributed by atoms with Crippen LogP contribution >= 0.6 is 11.3 Å². The third kappa shape index (κ3) is 2.96. The van der Waals surface area contributed by atoms with Crippen molar-refractivity contribution < 1.29 is 19.4 Å². The molecule has 0 fully saturated rings. The molecule has 3 N–H and O–H groups in total. The van der Waals surface area contributed by atoms with Crippen molar-refractivity contribution in [3.8, 4) is 0 Å². The Bertz CT molecular complexity index is 431. The summed E-state index contributed by atoms with van der Waals surface area (Å²) in [6.07, 6.45) is 0. The third-order valence-electron chi connectivity index (χ3n) is 1.59. The van der Waals surface area contributed by atoms with Crippen LogP contribution in [0, 0.1) is 0 Å².